The fraction of sp³-hybridized carbons (Fsp3) is 0.467. The Bertz CT molecular complexity index is 493. The van der Waals surface area contributed by atoms with Crippen molar-refractivity contribution in [2.24, 2.45) is 11.5 Å². The van der Waals surface area contributed by atoms with Crippen LogP contribution >= 0.6 is 0 Å². The Hall–Kier alpha value is -1.92. The van der Waals surface area contributed by atoms with Gasteiger partial charge in [-0.05, 0) is 30.5 Å². The fourth-order valence-electron chi connectivity index (χ4n) is 2.56. The average molecular weight is 290 g/mol. The van der Waals surface area contributed by atoms with Crippen LogP contribution in [0, 0.1) is 0 Å². The number of primary amides is 2. The minimum atomic E-state index is -0.406. The number of amides is 2. The van der Waals surface area contributed by atoms with Crippen LogP contribution in [0.25, 0.3) is 0 Å². The van der Waals surface area contributed by atoms with Gasteiger partial charge in [-0.15, -0.1) is 0 Å². The van der Waals surface area contributed by atoms with Crippen molar-refractivity contribution in [2.75, 3.05) is 19.6 Å². The van der Waals surface area contributed by atoms with Gasteiger partial charge in [0, 0.05) is 31.2 Å². The van der Waals surface area contributed by atoms with E-state index >= 15 is 0 Å². The van der Waals surface area contributed by atoms with Crippen LogP contribution in [0.4, 0.5) is 0 Å². The van der Waals surface area contributed by atoms with Crippen LogP contribution in [-0.2, 0) is 11.3 Å². The van der Waals surface area contributed by atoms with E-state index in [1.807, 2.05) is 12.1 Å². The largest absolute Gasteiger partial charge is 0.369 e. The van der Waals surface area contributed by atoms with Gasteiger partial charge in [0.25, 0.3) is 0 Å². The molecular weight excluding hydrogens is 268 g/mol. The third-order valence-corrected chi connectivity index (χ3v) is 3.80. The highest BCUT2D eigenvalue weighted by molar-refractivity contribution is 5.92. The molecule has 1 aromatic carbocycles. The predicted molar refractivity (Wildman–Crippen MR) is 80.5 cm³/mol. The molecule has 1 fully saturated rings. The molecule has 0 saturated carbocycles. The molecule has 0 radical (unpaired) electrons. The minimum absolute atomic E-state index is 0.268. The van der Waals surface area contributed by atoms with Crippen LogP contribution in [0.3, 0.4) is 0 Å². The van der Waals surface area contributed by atoms with Gasteiger partial charge in [-0.25, -0.2) is 0 Å². The highest BCUT2D eigenvalue weighted by Gasteiger charge is 2.19. The molecule has 0 spiro atoms. The van der Waals surface area contributed by atoms with Crippen LogP contribution in [0.5, 0.6) is 0 Å². The van der Waals surface area contributed by atoms with Crippen LogP contribution in [0.2, 0.25) is 0 Å². The normalized spacial score (nSPS) is 16.8. The summed E-state index contributed by atoms with van der Waals surface area (Å²) in [5.41, 5.74) is 12.1. The molecule has 1 aromatic rings. The zero-order valence-electron chi connectivity index (χ0n) is 12.0. The van der Waals surface area contributed by atoms with Gasteiger partial charge in [0.1, 0.15) is 0 Å². The highest BCUT2D eigenvalue weighted by Crippen LogP contribution is 2.11. The van der Waals surface area contributed by atoms with E-state index in [0.29, 0.717) is 18.2 Å². The molecule has 6 heteroatoms. The lowest BCUT2D eigenvalue weighted by Gasteiger charge is -2.31. The Kier molecular flexibility index (Phi) is 5.30. The fourth-order valence-corrected chi connectivity index (χ4v) is 2.56. The summed E-state index contributed by atoms with van der Waals surface area (Å²) in [7, 11) is 0. The van der Waals surface area contributed by atoms with Crippen LogP contribution < -0.4 is 16.8 Å². The molecule has 6 nitrogen and oxygen atoms in total. The third kappa shape index (κ3) is 4.84. The molecule has 5 N–H and O–H groups in total. The molecule has 0 bridgehead atoms. The van der Waals surface area contributed by atoms with Gasteiger partial charge in [0.2, 0.25) is 11.8 Å². The number of rotatable bonds is 6. The van der Waals surface area contributed by atoms with E-state index in [1.54, 1.807) is 12.1 Å². The Morgan fingerprint density at radius 1 is 1.14 bits per heavy atom. The van der Waals surface area contributed by atoms with Gasteiger partial charge in [0.15, 0.2) is 0 Å². The van der Waals surface area contributed by atoms with E-state index in [2.05, 4.69) is 10.2 Å². The lowest BCUT2D eigenvalue weighted by Crippen LogP contribution is -2.45. The highest BCUT2D eigenvalue weighted by atomic mass is 16.1. The molecule has 1 saturated heterocycles. The molecule has 21 heavy (non-hydrogen) atoms. The molecule has 1 aliphatic heterocycles. The summed E-state index contributed by atoms with van der Waals surface area (Å²) in [5, 5.41) is 3.50. The number of nitrogens with two attached hydrogens (primary N) is 2. The second-order valence-electron chi connectivity index (χ2n) is 5.46. The van der Waals surface area contributed by atoms with E-state index in [4.69, 9.17) is 11.5 Å². The summed E-state index contributed by atoms with van der Waals surface area (Å²) in [6, 6.07) is 7.76. The molecule has 0 atom stereocenters. The van der Waals surface area contributed by atoms with Crippen LogP contribution in [-0.4, -0.2) is 42.4 Å². The van der Waals surface area contributed by atoms with Gasteiger partial charge < -0.3 is 16.8 Å². The lowest BCUT2D eigenvalue weighted by molar-refractivity contribution is -0.119. The molecule has 2 rings (SSSR count). The van der Waals surface area contributed by atoms with Crippen molar-refractivity contribution < 1.29 is 9.59 Å². The summed E-state index contributed by atoms with van der Waals surface area (Å²) in [6.07, 6.45) is 2.01. The van der Waals surface area contributed by atoms with Crippen molar-refractivity contribution in [3.8, 4) is 0 Å². The molecule has 1 heterocycles. The van der Waals surface area contributed by atoms with E-state index < -0.39 is 5.91 Å². The standard InChI is InChI=1S/C15H22N4O2/c16-14(20)10-19-7-5-13(6-8-19)18-9-11-1-3-12(4-2-11)15(17)21/h1-4,13,18H,5-10H2,(H2,16,20)(H2,17,21). The number of carbonyl (C=O) groups excluding carboxylic acids is 2. The zero-order valence-corrected chi connectivity index (χ0v) is 12.0. The first-order valence-electron chi connectivity index (χ1n) is 7.17. The maximum absolute atomic E-state index is 11.0. The maximum atomic E-state index is 11.0. The summed E-state index contributed by atoms with van der Waals surface area (Å²) in [6.45, 7) is 2.89. The second kappa shape index (κ2) is 7.19. The minimum Gasteiger partial charge on any atom is -0.369 e. The van der Waals surface area contributed by atoms with E-state index in [9.17, 15) is 9.59 Å². The van der Waals surface area contributed by atoms with Crippen molar-refractivity contribution >= 4 is 11.8 Å². The zero-order chi connectivity index (χ0) is 15.2. The number of nitrogens with one attached hydrogen (secondary N) is 1. The number of benzene rings is 1. The van der Waals surface area contributed by atoms with Gasteiger partial charge >= 0.3 is 0 Å². The van der Waals surface area contributed by atoms with Crippen molar-refractivity contribution in [1.82, 2.24) is 10.2 Å². The number of hydrogen-bond acceptors (Lipinski definition) is 4. The number of likely N-dealkylation sites (tertiary alicyclic amines) is 1. The summed E-state index contributed by atoms with van der Waals surface area (Å²) in [5.74, 6) is -0.674. The summed E-state index contributed by atoms with van der Waals surface area (Å²) >= 11 is 0. The topological polar surface area (TPSA) is 101 Å². The number of carbonyl (C=O) groups is 2. The van der Waals surface area contributed by atoms with Gasteiger partial charge in [-0.3, -0.25) is 14.5 Å². The van der Waals surface area contributed by atoms with Crippen molar-refractivity contribution in [3.63, 3.8) is 0 Å². The van der Waals surface area contributed by atoms with Crippen LogP contribution in [0.15, 0.2) is 24.3 Å². The second-order valence-corrected chi connectivity index (χ2v) is 5.46. The van der Waals surface area contributed by atoms with Gasteiger partial charge in [-0.1, -0.05) is 12.1 Å². The Morgan fingerprint density at radius 3 is 2.29 bits per heavy atom. The first-order valence-corrected chi connectivity index (χ1v) is 7.17. The first kappa shape index (κ1) is 15.5. The Labute approximate surface area is 124 Å². The van der Waals surface area contributed by atoms with Gasteiger partial charge in [-0.2, -0.15) is 0 Å². The maximum Gasteiger partial charge on any atom is 0.248 e. The number of hydrogen-bond donors (Lipinski definition) is 3. The molecule has 2 amide bonds. The number of piperidine rings is 1. The third-order valence-electron chi connectivity index (χ3n) is 3.80. The molecular formula is C15H22N4O2. The van der Waals surface area contributed by atoms with E-state index in [-0.39, 0.29) is 5.91 Å². The first-order chi connectivity index (χ1) is 10.0. The average Bonchev–Trinajstić information content (AvgIpc) is 2.46. The predicted octanol–water partition coefficient (Wildman–Crippen LogP) is -0.175. The quantitative estimate of drug-likeness (QED) is 0.676. The monoisotopic (exact) mass is 290 g/mol. The van der Waals surface area contributed by atoms with Gasteiger partial charge in [0.05, 0.1) is 6.54 Å². The van der Waals surface area contributed by atoms with Crippen molar-refractivity contribution in [2.45, 2.75) is 25.4 Å². The molecule has 0 aromatic heterocycles. The molecule has 114 valence electrons. The SMILES string of the molecule is NC(=O)CN1CCC(NCc2ccc(C(N)=O)cc2)CC1. The van der Waals surface area contributed by atoms with E-state index in [1.165, 1.54) is 0 Å². The Balaban J connectivity index is 1.74. The number of nitrogens with zero attached hydrogens (tertiary/aromatic N) is 1. The molecule has 1 aliphatic rings. The van der Waals surface area contributed by atoms with Crippen LogP contribution in [0.1, 0.15) is 28.8 Å². The smallest absolute Gasteiger partial charge is 0.248 e. The van der Waals surface area contributed by atoms with E-state index in [0.717, 1.165) is 38.0 Å². The summed E-state index contributed by atoms with van der Waals surface area (Å²) < 4.78 is 0. The lowest BCUT2D eigenvalue weighted by atomic mass is 10.0. The molecule has 0 unspecified atom stereocenters. The molecule has 0 aliphatic carbocycles. The van der Waals surface area contributed by atoms with Crippen molar-refractivity contribution in [3.05, 3.63) is 35.4 Å². The van der Waals surface area contributed by atoms with Crippen molar-refractivity contribution in [1.29, 1.82) is 0 Å². The summed E-state index contributed by atoms with van der Waals surface area (Å²) in [4.78, 5) is 23.9. The Morgan fingerprint density at radius 2 is 1.76 bits per heavy atom.